The highest BCUT2D eigenvalue weighted by Crippen LogP contribution is 2.37. The number of halogens is 1. The largest absolute Gasteiger partial charge is 0.497 e. The van der Waals surface area contributed by atoms with E-state index in [2.05, 4.69) is 49.2 Å². The van der Waals surface area contributed by atoms with Crippen molar-refractivity contribution >= 4 is 52.0 Å². The molecule has 1 saturated heterocycles. The molecule has 0 spiro atoms. The maximum atomic E-state index is 13.2. The van der Waals surface area contributed by atoms with Crippen molar-refractivity contribution in [1.29, 1.82) is 0 Å². The molecule has 222 valence electrons. The van der Waals surface area contributed by atoms with E-state index in [4.69, 9.17) is 21.1 Å². The van der Waals surface area contributed by atoms with E-state index < -0.39 is 5.92 Å². The molecule has 12 heteroatoms. The summed E-state index contributed by atoms with van der Waals surface area (Å²) in [7, 11) is 3.00. The third-order valence-electron chi connectivity index (χ3n) is 7.15. The van der Waals surface area contributed by atoms with Crippen LogP contribution in [-0.2, 0) is 9.59 Å². The van der Waals surface area contributed by atoms with E-state index in [1.807, 2.05) is 18.2 Å². The minimum atomic E-state index is -0.647. The van der Waals surface area contributed by atoms with Gasteiger partial charge in [0.2, 0.25) is 11.8 Å². The SMILES string of the molecule is C=CC(=O)Nc1cc(N2CCN(CC)CC2)ccc1Nc1cc(C(C)C(=O)Nc2cc(OC)cc(OC)c2Cl)ncn1. The molecule has 1 aliphatic heterocycles. The Kier molecular flexibility index (Phi) is 10.2. The number of carbonyl (C=O) groups is 2. The van der Waals surface area contributed by atoms with Gasteiger partial charge in [-0.05, 0) is 37.7 Å². The molecule has 2 amide bonds. The lowest BCUT2D eigenvalue weighted by molar-refractivity contribution is -0.117. The second-order valence-corrected chi connectivity index (χ2v) is 10.1. The Hall–Kier alpha value is -4.35. The number of piperazine rings is 1. The number of likely N-dealkylation sites (N-methyl/N-ethyl adjacent to an activating group) is 1. The van der Waals surface area contributed by atoms with E-state index in [9.17, 15) is 9.59 Å². The molecule has 3 N–H and O–H groups in total. The fraction of sp³-hybridized carbons (Fsp3) is 0.333. The van der Waals surface area contributed by atoms with Crippen LogP contribution in [0.1, 0.15) is 25.5 Å². The fourth-order valence-corrected chi connectivity index (χ4v) is 4.80. The molecule has 1 atom stereocenters. The normalized spacial score (nSPS) is 14.1. The number of aromatic nitrogens is 2. The molecule has 2 heterocycles. The highest BCUT2D eigenvalue weighted by Gasteiger charge is 2.21. The number of nitrogens with zero attached hydrogens (tertiary/aromatic N) is 4. The lowest BCUT2D eigenvalue weighted by atomic mass is 10.1. The molecular weight excluding hydrogens is 558 g/mol. The molecule has 1 aliphatic rings. The molecule has 11 nitrogen and oxygen atoms in total. The lowest BCUT2D eigenvalue weighted by Crippen LogP contribution is -2.46. The van der Waals surface area contributed by atoms with Crippen LogP contribution in [-0.4, -0.2) is 73.6 Å². The summed E-state index contributed by atoms with van der Waals surface area (Å²) in [6.45, 7) is 12.3. The van der Waals surface area contributed by atoms with Crippen molar-refractivity contribution in [3.63, 3.8) is 0 Å². The van der Waals surface area contributed by atoms with Crippen LogP contribution in [0.4, 0.5) is 28.6 Å². The van der Waals surface area contributed by atoms with Crippen LogP contribution in [0.2, 0.25) is 5.02 Å². The van der Waals surface area contributed by atoms with Gasteiger partial charge in [-0.3, -0.25) is 9.59 Å². The quantitative estimate of drug-likeness (QED) is 0.267. The zero-order chi connectivity index (χ0) is 30.2. The molecule has 0 aliphatic carbocycles. The Morgan fingerprint density at radius 2 is 1.79 bits per heavy atom. The van der Waals surface area contributed by atoms with Gasteiger partial charge in [0.25, 0.3) is 0 Å². The first-order valence-electron chi connectivity index (χ1n) is 13.6. The van der Waals surface area contributed by atoms with Crippen molar-refractivity contribution in [2.45, 2.75) is 19.8 Å². The number of methoxy groups -OCH3 is 2. The van der Waals surface area contributed by atoms with Crippen LogP contribution in [0.25, 0.3) is 0 Å². The second-order valence-electron chi connectivity index (χ2n) is 9.70. The van der Waals surface area contributed by atoms with Gasteiger partial charge in [0.1, 0.15) is 28.7 Å². The van der Waals surface area contributed by atoms with E-state index in [1.165, 1.54) is 26.6 Å². The molecule has 3 aromatic rings. The van der Waals surface area contributed by atoms with Crippen LogP contribution in [0.5, 0.6) is 11.5 Å². The molecule has 42 heavy (non-hydrogen) atoms. The highest BCUT2D eigenvalue weighted by atomic mass is 35.5. The Bertz CT molecular complexity index is 1440. The Morgan fingerprint density at radius 3 is 2.45 bits per heavy atom. The first-order valence-corrected chi connectivity index (χ1v) is 14.0. The van der Waals surface area contributed by atoms with E-state index in [0.29, 0.717) is 40.1 Å². The number of amides is 2. The van der Waals surface area contributed by atoms with Crippen molar-refractivity contribution in [1.82, 2.24) is 14.9 Å². The Balaban J connectivity index is 1.53. The molecule has 0 bridgehead atoms. The third kappa shape index (κ3) is 7.29. The number of nitrogens with one attached hydrogen (secondary N) is 3. The van der Waals surface area contributed by atoms with Gasteiger partial charge < -0.3 is 35.2 Å². The van der Waals surface area contributed by atoms with Crippen molar-refractivity contribution in [3.05, 3.63) is 66.1 Å². The summed E-state index contributed by atoms with van der Waals surface area (Å²) in [5, 5.41) is 9.24. The zero-order valence-electron chi connectivity index (χ0n) is 24.2. The predicted octanol–water partition coefficient (Wildman–Crippen LogP) is 4.90. The lowest BCUT2D eigenvalue weighted by Gasteiger charge is -2.35. The van der Waals surface area contributed by atoms with Gasteiger partial charge in [0.05, 0.1) is 42.9 Å². The van der Waals surface area contributed by atoms with Crippen molar-refractivity contribution < 1.29 is 19.1 Å². The van der Waals surface area contributed by atoms with Crippen LogP contribution >= 0.6 is 11.6 Å². The second kappa shape index (κ2) is 14.0. The van der Waals surface area contributed by atoms with Crippen LogP contribution < -0.4 is 30.3 Å². The number of anilines is 5. The molecule has 1 fully saturated rings. The topological polar surface area (TPSA) is 121 Å². The smallest absolute Gasteiger partial charge is 0.247 e. The minimum Gasteiger partial charge on any atom is -0.497 e. The van der Waals surface area contributed by atoms with E-state index in [1.54, 1.807) is 25.1 Å². The molecule has 0 radical (unpaired) electrons. The van der Waals surface area contributed by atoms with Gasteiger partial charge in [0, 0.05) is 50.1 Å². The Labute approximate surface area is 250 Å². The number of ether oxygens (including phenoxy) is 2. The van der Waals surface area contributed by atoms with Crippen LogP contribution in [0.3, 0.4) is 0 Å². The number of rotatable bonds is 11. The molecular formula is C30H36ClN7O4. The predicted molar refractivity (Wildman–Crippen MR) is 167 cm³/mol. The number of carbonyl (C=O) groups excluding carboxylic acids is 2. The number of hydrogen-bond acceptors (Lipinski definition) is 9. The fourth-order valence-electron chi connectivity index (χ4n) is 4.57. The first kappa shape index (κ1) is 30.6. The summed E-state index contributed by atoms with van der Waals surface area (Å²) < 4.78 is 10.6. The monoisotopic (exact) mass is 593 g/mol. The van der Waals surface area contributed by atoms with Crippen molar-refractivity contribution in [2.24, 2.45) is 0 Å². The maximum Gasteiger partial charge on any atom is 0.247 e. The average Bonchev–Trinajstić information content (AvgIpc) is 3.02. The summed E-state index contributed by atoms with van der Waals surface area (Å²) in [4.78, 5) is 38.8. The van der Waals surface area contributed by atoms with Crippen LogP contribution in [0.15, 0.2) is 55.4 Å². The highest BCUT2D eigenvalue weighted by molar-refractivity contribution is 6.35. The molecule has 0 saturated carbocycles. The summed E-state index contributed by atoms with van der Waals surface area (Å²) in [6, 6.07) is 10.8. The average molecular weight is 594 g/mol. The molecule has 1 unspecified atom stereocenters. The van der Waals surface area contributed by atoms with Gasteiger partial charge in [0.15, 0.2) is 0 Å². The van der Waals surface area contributed by atoms with Gasteiger partial charge in [-0.25, -0.2) is 9.97 Å². The van der Waals surface area contributed by atoms with Crippen molar-refractivity contribution in [3.8, 4) is 11.5 Å². The summed E-state index contributed by atoms with van der Waals surface area (Å²) in [5.74, 6) is 0.0169. The summed E-state index contributed by atoms with van der Waals surface area (Å²) in [5.41, 5.74) is 3.08. The summed E-state index contributed by atoms with van der Waals surface area (Å²) >= 11 is 6.41. The minimum absolute atomic E-state index is 0.258. The third-order valence-corrected chi connectivity index (χ3v) is 7.54. The van der Waals surface area contributed by atoms with Gasteiger partial charge in [-0.15, -0.1) is 0 Å². The van der Waals surface area contributed by atoms with Crippen LogP contribution in [0, 0.1) is 0 Å². The van der Waals surface area contributed by atoms with E-state index in [0.717, 1.165) is 38.4 Å². The number of hydrogen-bond donors (Lipinski definition) is 3. The molecule has 1 aromatic heterocycles. The summed E-state index contributed by atoms with van der Waals surface area (Å²) in [6.07, 6.45) is 2.61. The standard InChI is InChI=1S/C30H36ClN7O4/c1-6-28(39)35-24-14-20(38-12-10-37(7-2)11-13-38)8-9-22(24)34-27-17-23(32-18-33-27)19(3)30(40)36-25-15-21(41-4)16-26(42-5)29(25)31/h6,8-9,14-19H,1,7,10-13H2,2-5H3,(H,35,39)(H,36,40)(H,32,33,34). The van der Waals surface area contributed by atoms with Gasteiger partial charge >= 0.3 is 0 Å². The Morgan fingerprint density at radius 1 is 1.02 bits per heavy atom. The van der Waals surface area contributed by atoms with E-state index in [-0.39, 0.29) is 16.8 Å². The number of benzene rings is 2. The zero-order valence-corrected chi connectivity index (χ0v) is 25.0. The van der Waals surface area contributed by atoms with E-state index >= 15 is 0 Å². The molecule has 4 rings (SSSR count). The van der Waals surface area contributed by atoms with Gasteiger partial charge in [-0.1, -0.05) is 25.1 Å². The molecule has 2 aromatic carbocycles. The maximum absolute atomic E-state index is 13.2. The van der Waals surface area contributed by atoms with Gasteiger partial charge in [-0.2, -0.15) is 0 Å². The van der Waals surface area contributed by atoms with Crippen molar-refractivity contribution in [2.75, 3.05) is 67.8 Å². The first-order chi connectivity index (χ1) is 20.3.